The molecule has 5 nitrogen and oxygen atoms in total. The third-order valence-electron chi connectivity index (χ3n) is 4.66. The first-order chi connectivity index (χ1) is 12.2. The van der Waals surface area contributed by atoms with Crippen LogP contribution in [0.2, 0.25) is 0 Å². The molecule has 0 bridgehead atoms. The van der Waals surface area contributed by atoms with Crippen molar-refractivity contribution in [3.8, 4) is 0 Å². The third-order valence-corrected chi connectivity index (χ3v) is 4.66. The van der Waals surface area contributed by atoms with Gasteiger partial charge >= 0.3 is 6.03 Å². The van der Waals surface area contributed by atoms with Crippen LogP contribution < -0.4 is 5.32 Å². The summed E-state index contributed by atoms with van der Waals surface area (Å²) >= 11 is 0. The Morgan fingerprint density at radius 1 is 1.24 bits per heavy atom. The fourth-order valence-corrected chi connectivity index (χ4v) is 3.33. The van der Waals surface area contributed by atoms with Gasteiger partial charge in [0, 0.05) is 45.6 Å². The number of benzene rings is 1. The molecule has 2 aromatic rings. The highest BCUT2D eigenvalue weighted by molar-refractivity contribution is 5.73. The van der Waals surface area contributed by atoms with Gasteiger partial charge < -0.3 is 10.2 Å². The second-order valence-electron chi connectivity index (χ2n) is 6.78. The molecule has 1 fully saturated rings. The number of amides is 2. The van der Waals surface area contributed by atoms with Gasteiger partial charge in [-0.15, -0.1) is 0 Å². The van der Waals surface area contributed by atoms with E-state index in [0.29, 0.717) is 12.5 Å². The molecule has 5 heteroatoms. The lowest BCUT2D eigenvalue weighted by atomic mass is 10.1. The topological polar surface area (TPSA) is 48.5 Å². The Morgan fingerprint density at radius 3 is 2.80 bits per heavy atom. The first-order valence-corrected chi connectivity index (χ1v) is 8.85. The van der Waals surface area contributed by atoms with E-state index in [-0.39, 0.29) is 6.03 Å². The summed E-state index contributed by atoms with van der Waals surface area (Å²) in [6, 6.07) is 14.4. The summed E-state index contributed by atoms with van der Waals surface area (Å²) in [5, 5.41) is 2.96. The molecule has 0 radical (unpaired) electrons. The number of rotatable bonds is 6. The molecule has 1 atom stereocenters. The molecule has 25 heavy (non-hydrogen) atoms. The summed E-state index contributed by atoms with van der Waals surface area (Å²) < 4.78 is 0. The van der Waals surface area contributed by atoms with Crippen LogP contribution in [-0.2, 0) is 13.1 Å². The number of carbonyl (C=O) groups excluding carboxylic acids is 1. The number of nitrogens with one attached hydrogen (secondary N) is 1. The SMILES string of the molecule is CN(C[C@@H]1CCN(Cc2ccccc2)C1)C(=O)NCc1cccnc1. The summed E-state index contributed by atoms with van der Waals surface area (Å²) in [6.45, 7) is 4.46. The Morgan fingerprint density at radius 2 is 2.04 bits per heavy atom. The molecule has 0 saturated carbocycles. The molecule has 2 heterocycles. The van der Waals surface area contributed by atoms with Gasteiger partial charge in [-0.2, -0.15) is 0 Å². The van der Waals surface area contributed by atoms with E-state index in [1.54, 1.807) is 17.3 Å². The molecule has 1 N–H and O–H groups in total. The van der Waals surface area contributed by atoms with Crippen molar-refractivity contribution in [2.45, 2.75) is 19.5 Å². The van der Waals surface area contributed by atoms with Gasteiger partial charge in [0.25, 0.3) is 0 Å². The van der Waals surface area contributed by atoms with E-state index in [4.69, 9.17) is 0 Å². The van der Waals surface area contributed by atoms with Gasteiger partial charge in [0.05, 0.1) is 0 Å². The van der Waals surface area contributed by atoms with E-state index in [2.05, 4.69) is 45.5 Å². The highest BCUT2D eigenvalue weighted by atomic mass is 16.2. The molecule has 1 aromatic heterocycles. The maximum absolute atomic E-state index is 12.3. The Hall–Kier alpha value is -2.40. The fourth-order valence-electron chi connectivity index (χ4n) is 3.33. The number of likely N-dealkylation sites (tertiary alicyclic amines) is 1. The molecule has 1 saturated heterocycles. The lowest BCUT2D eigenvalue weighted by molar-refractivity contribution is 0.199. The zero-order chi connectivity index (χ0) is 17.5. The number of nitrogens with zero attached hydrogens (tertiary/aromatic N) is 3. The number of hydrogen-bond donors (Lipinski definition) is 1. The van der Waals surface area contributed by atoms with Crippen molar-refractivity contribution >= 4 is 6.03 Å². The second kappa shape index (κ2) is 8.62. The van der Waals surface area contributed by atoms with E-state index >= 15 is 0 Å². The molecule has 2 amide bonds. The Kier molecular flexibility index (Phi) is 6.01. The summed E-state index contributed by atoms with van der Waals surface area (Å²) in [7, 11) is 1.87. The number of hydrogen-bond acceptors (Lipinski definition) is 3. The Labute approximate surface area is 149 Å². The first kappa shape index (κ1) is 17.4. The molecule has 132 valence electrons. The summed E-state index contributed by atoms with van der Waals surface area (Å²) in [5.41, 5.74) is 2.37. The van der Waals surface area contributed by atoms with E-state index in [1.165, 1.54) is 5.56 Å². The summed E-state index contributed by atoms with van der Waals surface area (Å²) in [4.78, 5) is 20.6. The summed E-state index contributed by atoms with van der Waals surface area (Å²) in [5.74, 6) is 0.540. The minimum absolute atomic E-state index is 0.0228. The van der Waals surface area contributed by atoms with Crippen LogP contribution in [0, 0.1) is 5.92 Å². The van der Waals surface area contributed by atoms with E-state index in [0.717, 1.165) is 38.2 Å². The van der Waals surface area contributed by atoms with Crippen LogP contribution in [0.1, 0.15) is 17.5 Å². The maximum atomic E-state index is 12.3. The van der Waals surface area contributed by atoms with Gasteiger partial charge in [0.1, 0.15) is 0 Å². The maximum Gasteiger partial charge on any atom is 0.317 e. The normalized spacial score (nSPS) is 17.4. The monoisotopic (exact) mass is 338 g/mol. The standard InChI is InChI=1S/C20H26N4O/c1-23(20(25)22-13-18-8-5-10-21-12-18)14-19-9-11-24(16-19)15-17-6-3-2-4-7-17/h2-8,10,12,19H,9,11,13-16H2,1H3,(H,22,25)/t19-/m0/s1. The zero-order valence-electron chi connectivity index (χ0n) is 14.8. The molecule has 3 rings (SSSR count). The van der Waals surface area contributed by atoms with Gasteiger partial charge in [0.15, 0.2) is 0 Å². The Balaban J connectivity index is 1.40. The zero-order valence-corrected chi connectivity index (χ0v) is 14.8. The number of aromatic nitrogens is 1. The van der Waals surface area contributed by atoms with Crippen LogP contribution in [0.3, 0.4) is 0 Å². The number of pyridine rings is 1. The predicted octanol–water partition coefficient (Wildman–Crippen LogP) is 2.75. The van der Waals surface area contributed by atoms with Gasteiger partial charge in [-0.3, -0.25) is 9.88 Å². The lowest BCUT2D eigenvalue weighted by Gasteiger charge is -2.22. The minimum atomic E-state index is -0.0228. The van der Waals surface area contributed by atoms with Crippen LogP contribution in [0.25, 0.3) is 0 Å². The van der Waals surface area contributed by atoms with Crippen LogP contribution in [-0.4, -0.2) is 47.5 Å². The largest absolute Gasteiger partial charge is 0.334 e. The van der Waals surface area contributed by atoms with Crippen molar-refractivity contribution in [1.29, 1.82) is 0 Å². The molecule has 0 aliphatic carbocycles. The molecule has 0 unspecified atom stereocenters. The van der Waals surface area contributed by atoms with Crippen molar-refractivity contribution in [2.24, 2.45) is 5.92 Å². The highest BCUT2D eigenvalue weighted by Gasteiger charge is 2.24. The predicted molar refractivity (Wildman–Crippen MR) is 98.9 cm³/mol. The molecule has 1 aliphatic heterocycles. The van der Waals surface area contributed by atoms with Crippen LogP contribution >= 0.6 is 0 Å². The van der Waals surface area contributed by atoms with Crippen LogP contribution in [0.5, 0.6) is 0 Å². The van der Waals surface area contributed by atoms with Crippen molar-refractivity contribution in [3.63, 3.8) is 0 Å². The van der Waals surface area contributed by atoms with Gasteiger partial charge in [-0.1, -0.05) is 36.4 Å². The van der Waals surface area contributed by atoms with Crippen molar-refractivity contribution < 1.29 is 4.79 Å². The third kappa shape index (κ3) is 5.29. The second-order valence-corrected chi connectivity index (χ2v) is 6.78. The lowest BCUT2D eigenvalue weighted by Crippen LogP contribution is -2.40. The van der Waals surface area contributed by atoms with Gasteiger partial charge in [-0.05, 0) is 36.1 Å². The highest BCUT2D eigenvalue weighted by Crippen LogP contribution is 2.19. The van der Waals surface area contributed by atoms with Crippen molar-refractivity contribution in [3.05, 3.63) is 66.0 Å². The molecular weight excluding hydrogens is 312 g/mol. The Bertz CT molecular complexity index is 662. The number of urea groups is 1. The number of carbonyl (C=O) groups is 1. The van der Waals surface area contributed by atoms with Crippen molar-refractivity contribution in [2.75, 3.05) is 26.7 Å². The smallest absolute Gasteiger partial charge is 0.317 e. The average Bonchev–Trinajstić information content (AvgIpc) is 3.08. The molecule has 0 spiro atoms. The first-order valence-electron chi connectivity index (χ1n) is 8.85. The van der Waals surface area contributed by atoms with E-state index in [1.807, 2.05) is 19.2 Å². The fraction of sp³-hybridized carbons (Fsp3) is 0.400. The van der Waals surface area contributed by atoms with Gasteiger partial charge in [-0.25, -0.2) is 4.79 Å². The molecular formula is C20H26N4O. The average molecular weight is 338 g/mol. The minimum Gasteiger partial charge on any atom is -0.334 e. The van der Waals surface area contributed by atoms with E-state index < -0.39 is 0 Å². The van der Waals surface area contributed by atoms with Crippen LogP contribution in [0.4, 0.5) is 4.79 Å². The van der Waals surface area contributed by atoms with Gasteiger partial charge in [0.2, 0.25) is 0 Å². The molecule has 1 aliphatic rings. The summed E-state index contributed by atoms with van der Waals surface area (Å²) in [6.07, 6.45) is 4.66. The van der Waals surface area contributed by atoms with Crippen molar-refractivity contribution in [1.82, 2.24) is 20.1 Å². The van der Waals surface area contributed by atoms with E-state index in [9.17, 15) is 4.79 Å². The quantitative estimate of drug-likeness (QED) is 0.881. The van der Waals surface area contributed by atoms with Crippen LogP contribution in [0.15, 0.2) is 54.9 Å². The molecule has 1 aromatic carbocycles.